The highest BCUT2D eigenvalue weighted by Crippen LogP contribution is 2.11. The summed E-state index contributed by atoms with van der Waals surface area (Å²) in [5.41, 5.74) is 0. The van der Waals surface area contributed by atoms with Crippen molar-refractivity contribution in [3.8, 4) is 0 Å². The standard InChI is InChI=1S/C7H15O2/c1-3-7(5-8)4-6(2)9/h6,8-9H,3-5H2,1-2H3. The molecule has 0 aliphatic rings. The molecule has 55 valence electrons. The second kappa shape index (κ2) is 4.77. The molecule has 0 aliphatic heterocycles. The molecule has 0 aromatic rings. The van der Waals surface area contributed by atoms with Crippen molar-refractivity contribution in [1.82, 2.24) is 0 Å². The van der Waals surface area contributed by atoms with Gasteiger partial charge in [0.05, 0.1) is 6.10 Å². The lowest BCUT2D eigenvalue weighted by molar-refractivity contribution is 0.175. The number of aliphatic hydroxyl groups is 2. The molecule has 1 radical (unpaired) electrons. The Kier molecular flexibility index (Phi) is 4.72. The molecule has 9 heavy (non-hydrogen) atoms. The molecule has 0 amide bonds. The minimum Gasteiger partial charge on any atom is -0.396 e. The van der Waals surface area contributed by atoms with E-state index in [1.54, 1.807) is 6.92 Å². The SMILES string of the molecule is CC[C](CO)CC(C)O. The molecule has 1 atom stereocenters. The van der Waals surface area contributed by atoms with Gasteiger partial charge in [0.25, 0.3) is 0 Å². The third-order valence-corrected chi connectivity index (χ3v) is 1.31. The summed E-state index contributed by atoms with van der Waals surface area (Å²) in [6.45, 7) is 3.82. The van der Waals surface area contributed by atoms with Crippen molar-refractivity contribution >= 4 is 0 Å². The molecule has 2 nitrogen and oxygen atoms in total. The number of hydrogen-bond donors (Lipinski definition) is 2. The van der Waals surface area contributed by atoms with E-state index in [4.69, 9.17) is 10.2 Å². The molecule has 0 saturated carbocycles. The monoisotopic (exact) mass is 131 g/mol. The normalized spacial score (nSPS) is 14.3. The molecule has 1 unspecified atom stereocenters. The summed E-state index contributed by atoms with van der Waals surface area (Å²) in [5.74, 6) is 1.02. The molecule has 0 aliphatic carbocycles. The Labute approximate surface area is 56.5 Å². The van der Waals surface area contributed by atoms with Crippen LogP contribution >= 0.6 is 0 Å². The molecule has 0 bridgehead atoms. The summed E-state index contributed by atoms with van der Waals surface area (Å²) >= 11 is 0. The van der Waals surface area contributed by atoms with E-state index in [0.29, 0.717) is 6.42 Å². The van der Waals surface area contributed by atoms with Crippen LogP contribution in [0.4, 0.5) is 0 Å². The van der Waals surface area contributed by atoms with Crippen LogP contribution in [-0.4, -0.2) is 22.9 Å². The predicted octanol–water partition coefficient (Wildman–Crippen LogP) is 0.734. The Morgan fingerprint density at radius 1 is 1.56 bits per heavy atom. The van der Waals surface area contributed by atoms with Crippen LogP contribution in [0.5, 0.6) is 0 Å². The lowest BCUT2D eigenvalue weighted by Gasteiger charge is -2.11. The summed E-state index contributed by atoms with van der Waals surface area (Å²) in [6, 6.07) is 0. The largest absolute Gasteiger partial charge is 0.396 e. The fourth-order valence-electron chi connectivity index (χ4n) is 0.738. The van der Waals surface area contributed by atoms with E-state index in [-0.39, 0.29) is 12.7 Å². The van der Waals surface area contributed by atoms with Crippen LogP contribution in [0, 0.1) is 5.92 Å². The van der Waals surface area contributed by atoms with E-state index in [0.717, 1.165) is 12.3 Å². The first kappa shape index (κ1) is 8.92. The Bertz CT molecular complexity index is 57.9. The zero-order valence-electron chi connectivity index (χ0n) is 6.09. The summed E-state index contributed by atoms with van der Waals surface area (Å²) in [7, 11) is 0. The molecule has 0 spiro atoms. The fraction of sp³-hybridized carbons (Fsp3) is 0.857. The minimum atomic E-state index is -0.313. The van der Waals surface area contributed by atoms with Gasteiger partial charge in [-0.1, -0.05) is 6.92 Å². The highest BCUT2D eigenvalue weighted by atomic mass is 16.3. The van der Waals surface area contributed by atoms with Crippen molar-refractivity contribution in [2.45, 2.75) is 32.8 Å². The van der Waals surface area contributed by atoms with Gasteiger partial charge in [-0.2, -0.15) is 0 Å². The molecule has 2 N–H and O–H groups in total. The average Bonchev–Trinajstić information content (AvgIpc) is 1.82. The molecular formula is C7H15O2. The molecule has 0 heterocycles. The highest BCUT2D eigenvalue weighted by molar-refractivity contribution is 4.88. The second-order valence-electron chi connectivity index (χ2n) is 2.31. The molecule has 0 aromatic carbocycles. The number of aliphatic hydroxyl groups excluding tert-OH is 2. The van der Waals surface area contributed by atoms with E-state index >= 15 is 0 Å². The van der Waals surface area contributed by atoms with Crippen molar-refractivity contribution in [3.05, 3.63) is 5.92 Å². The number of hydrogen-bond acceptors (Lipinski definition) is 2. The Morgan fingerprint density at radius 2 is 2.11 bits per heavy atom. The Morgan fingerprint density at radius 3 is 2.22 bits per heavy atom. The predicted molar refractivity (Wildman–Crippen MR) is 36.9 cm³/mol. The van der Waals surface area contributed by atoms with Crippen molar-refractivity contribution in [1.29, 1.82) is 0 Å². The third-order valence-electron chi connectivity index (χ3n) is 1.31. The van der Waals surface area contributed by atoms with Gasteiger partial charge in [0, 0.05) is 12.5 Å². The molecule has 0 rings (SSSR count). The Hall–Kier alpha value is -0.0800. The van der Waals surface area contributed by atoms with Crippen LogP contribution in [0.2, 0.25) is 0 Å². The molecule has 0 fully saturated rings. The van der Waals surface area contributed by atoms with Gasteiger partial charge in [-0.3, -0.25) is 0 Å². The summed E-state index contributed by atoms with van der Waals surface area (Å²) < 4.78 is 0. The van der Waals surface area contributed by atoms with Crippen LogP contribution in [0.1, 0.15) is 26.7 Å². The summed E-state index contributed by atoms with van der Waals surface area (Å²) in [4.78, 5) is 0. The van der Waals surface area contributed by atoms with Crippen LogP contribution in [0.15, 0.2) is 0 Å². The van der Waals surface area contributed by atoms with E-state index in [1.165, 1.54) is 0 Å². The third kappa shape index (κ3) is 4.43. The van der Waals surface area contributed by atoms with Crippen LogP contribution < -0.4 is 0 Å². The first-order chi connectivity index (χ1) is 4.20. The van der Waals surface area contributed by atoms with Gasteiger partial charge in [0.15, 0.2) is 0 Å². The quantitative estimate of drug-likeness (QED) is 0.590. The van der Waals surface area contributed by atoms with Gasteiger partial charge >= 0.3 is 0 Å². The summed E-state index contributed by atoms with van der Waals surface area (Å²) in [5, 5.41) is 17.5. The molecular weight excluding hydrogens is 116 g/mol. The maximum absolute atomic E-state index is 8.85. The van der Waals surface area contributed by atoms with Crippen molar-refractivity contribution in [2.75, 3.05) is 6.61 Å². The lowest BCUT2D eigenvalue weighted by atomic mass is 10.0. The average molecular weight is 131 g/mol. The fourth-order valence-corrected chi connectivity index (χ4v) is 0.738. The van der Waals surface area contributed by atoms with Gasteiger partial charge in [-0.15, -0.1) is 0 Å². The first-order valence-electron chi connectivity index (χ1n) is 3.33. The zero-order valence-corrected chi connectivity index (χ0v) is 6.09. The maximum Gasteiger partial charge on any atom is 0.0518 e. The minimum absolute atomic E-state index is 0.113. The topological polar surface area (TPSA) is 40.5 Å². The van der Waals surface area contributed by atoms with Gasteiger partial charge in [-0.25, -0.2) is 0 Å². The zero-order chi connectivity index (χ0) is 7.28. The van der Waals surface area contributed by atoms with Gasteiger partial charge in [0.1, 0.15) is 0 Å². The van der Waals surface area contributed by atoms with Crippen LogP contribution in [-0.2, 0) is 0 Å². The Balaban J connectivity index is 3.31. The van der Waals surface area contributed by atoms with Crippen molar-refractivity contribution < 1.29 is 10.2 Å². The van der Waals surface area contributed by atoms with Crippen molar-refractivity contribution in [2.24, 2.45) is 0 Å². The van der Waals surface area contributed by atoms with Crippen molar-refractivity contribution in [3.63, 3.8) is 0 Å². The molecule has 0 saturated heterocycles. The van der Waals surface area contributed by atoms with E-state index in [9.17, 15) is 0 Å². The molecule has 2 heteroatoms. The molecule has 0 aromatic heterocycles. The van der Waals surface area contributed by atoms with E-state index in [1.807, 2.05) is 6.92 Å². The van der Waals surface area contributed by atoms with E-state index in [2.05, 4.69) is 0 Å². The second-order valence-corrected chi connectivity index (χ2v) is 2.31. The van der Waals surface area contributed by atoms with Gasteiger partial charge in [-0.05, 0) is 19.8 Å². The van der Waals surface area contributed by atoms with E-state index < -0.39 is 0 Å². The maximum atomic E-state index is 8.85. The van der Waals surface area contributed by atoms with Gasteiger partial charge in [0.2, 0.25) is 0 Å². The highest BCUT2D eigenvalue weighted by Gasteiger charge is 2.07. The van der Waals surface area contributed by atoms with Crippen LogP contribution in [0.25, 0.3) is 0 Å². The number of rotatable bonds is 4. The smallest absolute Gasteiger partial charge is 0.0518 e. The lowest BCUT2D eigenvalue weighted by Crippen LogP contribution is -2.10. The first-order valence-corrected chi connectivity index (χ1v) is 3.33. The van der Waals surface area contributed by atoms with Crippen LogP contribution in [0.3, 0.4) is 0 Å². The summed E-state index contributed by atoms with van der Waals surface area (Å²) in [6.07, 6.45) is 1.18. The van der Waals surface area contributed by atoms with Gasteiger partial charge < -0.3 is 10.2 Å².